The van der Waals surface area contributed by atoms with E-state index in [1.54, 1.807) is 12.5 Å². The molecular formula is C21H18O6. The Bertz CT molecular complexity index is 934. The van der Waals surface area contributed by atoms with Crippen LogP contribution in [-0.2, 0) is 16.0 Å². The van der Waals surface area contributed by atoms with E-state index in [1.165, 1.54) is 7.11 Å². The van der Waals surface area contributed by atoms with Crippen LogP contribution in [0.4, 0.5) is 0 Å². The highest BCUT2D eigenvalue weighted by Crippen LogP contribution is 2.45. The number of carboxylic acid groups (broad SMARTS) is 1. The maximum atomic E-state index is 11.0. The standard InChI is InChI=1S/C21H18O6/c1-24-18(21(22)23)12-13-2-4-14(5-3-13)25-9-8-17-19-15(6-10-26-19)16-7-11-27-20(16)17/h2-8,10-11,18H,9,12H2,1H3,(H,22,23). The number of carboxylic acids is 1. The summed E-state index contributed by atoms with van der Waals surface area (Å²) in [4.78, 5) is 11.0. The molecule has 1 aromatic carbocycles. The highest BCUT2D eigenvalue weighted by Gasteiger charge is 2.29. The summed E-state index contributed by atoms with van der Waals surface area (Å²) in [5, 5.41) is 9.05. The third-order valence-corrected chi connectivity index (χ3v) is 4.55. The summed E-state index contributed by atoms with van der Waals surface area (Å²) >= 11 is 0. The van der Waals surface area contributed by atoms with Gasteiger partial charge in [-0.1, -0.05) is 12.1 Å². The molecule has 0 saturated heterocycles. The Morgan fingerprint density at radius 3 is 2.26 bits per heavy atom. The van der Waals surface area contributed by atoms with E-state index in [4.69, 9.17) is 23.4 Å². The molecule has 0 fully saturated rings. The van der Waals surface area contributed by atoms with Gasteiger partial charge in [-0.05, 0) is 35.9 Å². The molecule has 2 heterocycles. The molecule has 6 nitrogen and oxygen atoms in total. The summed E-state index contributed by atoms with van der Waals surface area (Å²) < 4.78 is 21.9. The molecule has 4 rings (SSSR count). The van der Waals surface area contributed by atoms with Crippen molar-refractivity contribution in [3.63, 3.8) is 0 Å². The molecule has 2 aromatic heterocycles. The fraction of sp³-hybridized carbons (Fsp3) is 0.190. The second kappa shape index (κ2) is 7.17. The van der Waals surface area contributed by atoms with E-state index >= 15 is 0 Å². The summed E-state index contributed by atoms with van der Waals surface area (Å²) in [5.74, 6) is 1.30. The summed E-state index contributed by atoms with van der Waals surface area (Å²) in [6.45, 7) is 0.352. The molecular weight excluding hydrogens is 348 g/mol. The van der Waals surface area contributed by atoms with Crippen LogP contribution >= 0.6 is 0 Å². The Labute approximate surface area is 155 Å². The minimum absolute atomic E-state index is 0.304. The van der Waals surface area contributed by atoms with E-state index in [0.717, 1.165) is 33.8 Å². The lowest BCUT2D eigenvalue weighted by molar-refractivity contribution is -0.148. The van der Waals surface area contributed by atoms with Crippen molar-refractivity contribution in [3.05, 3.63) is 72.1 Å². The average molecular weight is 366 g/mol. The molecule has 0 bridgehead atoms. The average Bonchev–Trinajstić information content (AvgIpc) is 3.36. The Hall–Kier alpha value is -3.25. The van der Waals surface area contributed by atoms with Gasteiger partial charge in [0, 0.05) is 24.7 Å². The van der Waals surface area contributed by atoms with Crippen LogP contribution < -0.4 is 4.74 Å². The lowest BCUT2D eigenvalue weighted by Gasteiger charge is -2.11. The molecule has 1 atom stereocenters. The van der Waals surface area contributed by atoms with Gasteiger partial charge in [-0.2, -0.15) is 0 Å². The van der Waals surface area contributed by atoms with Crippen molar-refractivity contribution >= 4 is 11.5 Å². The number of ether oxygens (including phenoxy) is 2. The van der Waals surface area contributed by atoms with Crippen LogP contribution in [0.1, 0.15) is 17.1 Å². The molecule has 0 radical (unpaired) electrons. The third kappa shape index (κ3) is 3.27. The van der Waals surface area contributed by atoms with Gasteiger partial charge in [0.2, 0.25) is 0 Å². The number of furan rings is 2. The van der Waals surface area contributed by atoms with E-state index in [9.17, 15) is 4.79 Å². The minimum atomic E-state index is -0.976. The van der Waals surface area contributed by atoms with Crippen LogP contribution in [0.2, 0.25) is 0 Å². The quantitative estimate of drug-likeness (QED) is 0.532. The minimum Gasteiger partial charge on any atom is -0.490 e. The van der Waals surface area contributed by atoms with Gasteiger partial charge in [0.1, 0.15) is 23.9 Å². The van der Waals surface area contributed by atoms with Gasteiger partial charge < -0.3 is 23.4 Å². The van der Waals surface area contributed by atoms with Crippen molar-refractivity contribution in [2.24, 2.45) is 0 Å². The summed E-state index contributed by atoms with van der Waals surface area (Å²) in [7, 11) is 1.39. The first-order valence-electron chi connectivity index (χ1n) is 8.51. The molecule has 138 valence electrons. The third-order valence-electron chi connectivity index (χ3n) is 4.55. The second-order valence-corrected chi connectivity index (χ2v) is 6.17. The fourth-order valence-corrected chi connectivity index (χ4v) is 3.18. The summed E-state index contributed by atoms with van der Waals surface area (Å²) in [6, 6.07) is 11.1. The Morgan fingerprint density at radius 2 is 1.70 bits per heavy atom. The SMILES string of the molecule is COC(Cc1ccc(OCC=C2c3occc3-c3ccoc32)cc1)C(=O)O. The zero-order chi connectivity index (χ0) is 18.8. The number of aliphatic carboxylic acids is 1. The van der Waals surface area contributed by atoms with E-state index in [-0.39, 0.29) is 0 Å². The second-order valence-electron chi connectivity index (χ2n) is 6.17. The first kappa shape index (κ1) is 17.2. The zero-order valence-electron chi connectivity index (χ0n) is 14.7. The number of benzene rings is 1. The van der Waals surface area contributed by atoms with E-state index in [2.05, 4.69) is 0 Å². The molecule has 3 aromatic rings. The Morgan fingerprint density at radius 1 is 1.07 bits per heavy atom. The van der Waals surface area contributed by atoms with Crippen molar-refractivity contribution in [2.45, 2.75) is 12.5 Å². The smallest absolute Gasteiger partial charge is 0.333 e. The molecule has 1 aliphatic carbocycles. The van der Waals surface area contributed by atoms with Gasteiger partial charge in [0.05, 0.1) is 18.1 Å². The number of carbonyl (C=O) groups is 1. The maximum absolute atomic E-state index is 11.0. The molecule has 0 aliphatic heterocycles. The van der Waals surface area contributed by atoms with Crippen LogP contribution in [0, 0.1) is 0 Å². The van der Waals surface area contributed by atoms with Crippen LogP contribution in [0.5, 0.6) is 5.75 Å². The van der Waals surface area contributed by atoms with Crippen LogP contribution in [0.25, 0.3) is 16.7 Å². The lowest BCUT2D eigenvalue weighted by atomic mass is 10.1. The first-order chi connectivity index (χ1) is 13.2. The highest BCUT2D eigenvalue weighted by atomic mass is 16.5. The number of hydrogen-bond donors (Lipinski definition) is 1. The van der Waals surface area contributed by atoms with Gasteiger partial charge in [0.25, 0.3) is 0 Å². The molecule has 27 heavy (non-hydrogen) atoms. The predicted octanol–water partition coefficient (Wildman–Crippen LogP) is 4.01. The molecule has 1 N–H and O–H groups in total. The van der Waals surface area contributed by atoms with Gasteiger partial charge in [-0.25, -0.2) is 4.79 Å². The Kier molecular flexibility index (Phi) is 4.56. The van der Waals surface area contributed by atoms with Crippen molar-refractivity contribution < 1.29 is 28.2 Å². The first-order valence-corrected chi connectivity index (χ1v) is 8.51. The van der Waals surface area contributed by atoms with Gasteiger partial charge >= 0.3 is 5.97 Å². The maximum Gasteiger partial charge on any atom is 0.333 e. The summed E-state index contributed by atoms with van der Waals surface area (Å²) in [6.07, 6.45) is 4.71. The van der Waals surface area contributed by atoms with Crippen molar-refractivity contribution in [1.29, 1.82) is 0 Å². The molecule has 1 aliphatic rings. The van der Waals surface area contributed by atoms with Crippen molar-refractivity contribution in [2.75, 3.05) is 13.7 Å². The molecule has 0 spiro atoms. The number of hydrogen-bond acceptors (Lipinski definition) is 5. The summed E-state index contributed by atoms with van der Waals surface area (Å²) in [5.41, 5.74) is 3.81. The molecule has 6 heteroatoms. The van der Waals surface area contributed by atoms with E-state index in [1.807, 2.05) is 42.5 Å². The normalized spacial score (nSPS) is 13.1. The van der Waals surface area contributed by atoms with Gasteiger partial charge in [-0.15, -0.1) is 0 Å². The lowest BCUT2D eigenvalue weighted by Crippen LogP contribution is -2.24. The number of fused-ring (bicyclic) bond motifs is 3. The van der Waals surface area contributed by atoms with Gasteiger partial charge in [-0.3, -0.25) is 0 Å². The predicted molar refractivity (Wildman–Crippen MR) is 97.6 cm³/mol. The van der Waals surface area contributed by atoms with Crippen molar-refractivity contribution in [1.82, 2.24) is 0 Å². The van der Waals surface area contributed by atoms with Crippen LogP contribution in [-0.4, -0.2) is 30.9 Å². The monoisotopic (exact) mass is 366 g/mol. The number of methoxy groups -OCH3 is 1. The largest absolute Gasteiger partial charge is 0.490 e. The molecule has 0 saturated carbocycles. The van der Waals surface area contributed by atoms with E-state index < -0.39 is 12.1 Å². The topological polar surface area (TPSA) is 82.0 Å². The molecule has 1 unspecified atom stereocenters. The van der Waals surface area contributed by atoms with Gasteiger partial charge in [0.15, 0.2) is 6.10 Å². The highest BCUT2D eigenvalue weighted by molar-refractivity contribution is 5.97. The zero-order valence-corrected chi connectivity index (χ0v) is 14.7. The van der Waals surface area contributed by atoms with Crippen LogP contribution in [0.3, 0.4) is 0 Å². The van der Waals surface area contributed by atoms with Crippen molar-refractivity contribution in [3.8, 4) is 16.9 Å². The Balaban J connectivity index is 1.42. The van der Waals surface area contributed by atoms with E-state index in [0.29, 0.717) is 18.8 Å². The number of rotatable bonds is 7. The van der Waals surface area contributed by atoms with Crippen LogP contribution in [0.15, 0.2) is 63.8 Å². The fourth-order valence-electron chi connectivity index (χ4n) is 3.18. The molecule has 0 amide bonds.